The van der Waals surface area contributed by atoms with Crippen LogP contribution in [0, 0.1) is 5.92 Å². The van der Waals surface area contributed by atoms with Crippen LogP contribution in [0.1, 0.15) is 18.2 Å². The fraction of sp³-hybridized carbons (Fsp3) is 0.500. The van der Waals surface area contributed by atoms with E-state index >= 15 is 0 Å². The Morgan fingerprint density at radius 3 is 2.92 bits per heavy atom. The number of aryl methyl sites for hydroxylation is 1. The number of nitrogens with zero attached hydrogens (tertiary/aromatic N) is 2. The van der Waals surface area contributed by atoms with Crippen LogP contribution < -0.4 is 0 Å². The number of carbonyl (C=O) groups is 1. The average Bonchev–Trinajstić information content (AvgIpc) is 2.73. The Balaban J connectivity index is 2.20. The van der Waals surface area contributed by atoms with Crippen molar-refractivity contribution in [3.63, 3.8) is 0 Å². The van der Waals surface area contributed by atoms with E-state index < -0.39 is 5.97 Å². The molecule has 13 heavy (non-hydrogen) atoms. The lowest BCUT2D eigenvalue weighted by molar-refractivity contribution is -0.138. The van der Waals surface area contributed by atoms with Crippen molar-refractivity contribution in [3.8, 4) is 0 Å². The Bertz CT molecular complexity index is 361. The number of carboxylic acids is 1. The molecule has 1 aromatic heterocycles. The first-order chi connectivity index (χ1) is 6.09. The first-order valence-corrected chi connectivity index (χ1v) is 4.80. The second kappa shape index (κ2) is 2.83. The predicted octanol–water partition coefficient (Wildman–Crippen LogP) is 1.37. The summed E-state index contributed by atoms with van der Waals surface area (Å²) < 4.78 is 2.64. The summed E-state index contributed by atoms with van der Waals surface area (Å²) in [5.41, 5.74) is 0. The molecule has 1 N–H and O–H groups in total. The largest absolute Gasteiger partial charge is 0.481 e. The van der Waals surface area contributed by atoms with Gasteiger partial charge in [-0.1, -0.05) is 0 Å². The Hall–Kier alpha value is -0.840. The maximum atomic E-state index is 10.6. The highest BCUT2D eigenvalue weighted by Crippen LogP contribution is 2.46. The minimum Gasteiger partial charge on any atom is -0.481 e. The van der Waals surface area contributed by atoms with E-state index in [1.807, 2.05) is 17.8 Å². The molecule has 1 heterocycles. The van der Waals surface area contributed by atoms with Crippen molar-refractivity contribution in [1.82, 2.24) is 9.55 Å². The van der Waals surface area contributed by atoms with Crippen molar-refractivity contribution >= 4 is 21.9 Å². The summed E-state index contributed by atoms with van der Waals surface area (Å²) in [6, 6.07) is 0. The van der Waals surface area contributed by atoms with Gasteiger partial charge in [0.1, 0.15) is 10.4 Å². The number of hydrogen-bond acceptors (Lipinski definition) is 2. The van der Waals surface area contributed by atoms with Crippen molar-refractivity contribution in [2.75, 3.05) is 0 Å². The molecule has 1 aliphatic carbocycles. The van der Waals surface area contributed by atoms with E-state index in [1.165, 1.54) is 0 Å². The molecular formula is C8H9BrN2O2. The third kappa shape index (κ3) is 1.48. The first kappa shape index (κ1) is 8.74. The molecule has 1 aliphatic rings. The van der Waals surface area contributed by atoms with Crippen LogP contribution in [0.3, 0.4) is 0 Å². The molecule has 0 amide bonds. The average molecular weight is 245 g/mol. The normalized spacial score (nSPS) is 26.0. The van der Waals surface area contributed by atoms with Gasteiger partial charge in [0.2, 0.25) is 0 Å². The van der Waals surface area contributed by atoms with E-state index in [1.54, 1.807) is 0 Å². The smallest absolute Gasteiger partial charge is 0.307 e. The third-order valence-electron chi connectivity index (χ3n) is 2.32. The Labute approximate surface area is 83.7 Å². The second-order valence-corrected chi connectivity index (χ2v) is 4.13. The Morgan fingerprint density at radius 1 is 1.85 bits per heavy atom. The Morgan fingerprint density at radius 2 is 2.54 bits per heavy atom. The molecule has 0 aliphatic heterocycles. The van der Waals surface area contributed by atoms with Crippen LogP contribution in [0.15, 0.2) is 10.8 Å². The number of halogens is 1. The van der Waals surface area contributed by atoms with Crippen molar-refractivity contribution in [1.29, 1.82) is 0 Å². The fourth-order valence-electron chi connectivity index (χ4n) is 1.54. The van der Waals surface area contributed by atoms with Crippen LogP contribution in [0.2, 0.25) is 0 Å². The van der Waals surface area contributed by atoms with Crippen LogP contribution in [0.4, 0.5) is 0 Å². The zero-order chi connectivity index (χ0) is 9.59. The van der Waals surface area contributed by atoms with E-state index in [4.69, 9.17) is 5.11 Å². The lowest BCUT2D eigenvalue weighted by Crippen LogP contribution is -2.02. The molecule has 0 bridgehead atoms. The van der Waals surface area contributed by atoms with Gasteiger partial charge in [-0.15, -0.1) is 0 Å². The van der Waals surface area contributed by atoms with Gasteiger partial charge in [-0.25, -0.2) is 4.98 Å². The lowest BCUT2D eigenvalue weighted by atomic mass is 10.3. The van der Waals surface area contributed by atoms with Crippen molar-refractivity contribution < 1.29 is 9.90 Å². The minimum atomic E-state index is -0.718. The molecule has 0 radical (unpaired) electrons. The molecule has 70 valence electrons. The molecule has 0 saturated heterocycles. The molecule has 1 aromatic rings. The number of aromatic nitrogens is 2. The summed E-state index contributed by atoms with van der Waals surface area (Å²) >= 11 is 3.26. The lowest BCUT2D eigenvalue weighted by Gasteiger charge is -1.97. The van der Waals surface area contributed by atoms with Gasteiger partial charge in [-0.3, -0.25) is 4.79 Å². The van der Waals surface area contributed by atoms with Gasteiger partial charge in [-0.2, -0.15) is 0 Å². The van der Waals surface area contributed by atoms with Crippen LogP contribution >= 0.6 is 15.9 Å². The quantitative estimate of drug-likeness (QED) is 0.856. The van der Waals surface area contributed by atoms with E-state index in [0.29, 0.717) is 6.42 Å². The highest BCUT2D eigenvalue weighted by Gasteiger charge is 2.46. The van der Waals surface area contributed by atoms with Crippen LogP contribution in [-0.4, -0.2) is 20.6 Å². The zero-order valence-corrected chi connectivity index (χ0v) is 8.65. The summed E-state index contributed by atoms with van der Waals surface area (Å²) in [6.07, 6.45) is 2.55. The second-order valence-electron chi connectivity index (χ2n) is 3.32. The molecule has 0 aromatic carbocycles. The number of hydrogen-bond donors (Lipinski definition) is 1. The first-order valence-electron chi connectivity index (χ1n) is 4.01. The summed E-state index contributed by atoms with van der Waals surface area (Å²) in [6.45, 7) is 0. The van der Waals surface area contributed by atoms with Crippen molar-refractivity contribution in [2.45, 2.75) is 12.3 Å². The molecule has 1 saturated carbocycles. The Kier molecular flexibility index (Phi) is 1.91. The van der Waals surface area contributed by atoms with E-state index in [-0.39, 0.29) is 11.8 Å². The van der Waals surface area contributed by atoms with Crippen LogP contribution in [0.5, 0.6) is 0 Å². The minimum absolute atomic E-state index is 0.105. The maximum absolute atomic E-state index is 10.6. The molecule has 2 atom stereocenters. The van der Waals surface area contributed by atoms with Gasteiger partial charge in [0.05, 0.1) is 5.92 Å². The maximum Gasteiger partial charge on any atom is 0.307 e. The highest BCUT2D eigenvalue weighted by atomic mass is 79.9. The standard InChI is InChI=1S/C8H9BrN2O2/c1-11-3-6(9)10-7(11)4-2-5(4)8(12)13/h3-5H,2H2,1H3,(H,12,13). The van der Waals surface area contributed by atoms with Gasteiger partial charge < -0.3 is 9.67 Å². The zero-order valence-electron chi connectivity index (χ0n) is 7.07. The van der Waals surface area contributed by atoms with E-state index in [9.17, 15) is 4.79 Å². The number of rotatable bonds is 2. The predicted molar refractivity (Wildman–Crippen MR) is 49.4 cm³/mol. The SMILES string of the molecule is Cn1cc(Br)nc1C1CC1C(=O)O. The molecule has 0 spiro atoms. The number of imidazole rings is 1. The molecule has 2 unspecified atom stereocenters. The topological polar surface area (TPSA) is 55.1 Å². The van der Waals surface area contributed by atoms with Gasteiger partial charge in [-0.05, 0) is 22.4 Å². The third-order valence-corrected chi connectivity index (χ3v) is 2.70. The van der Waals surface area contributed by atoms with Crippen molar-refractivity contribution in [3.05, 3.63) is 16.6 Å². The van der Waals surface area contributed by atoms with Crippen LogP contribution in [-0.2, 0) is 11.8 Å². The molecular weight excluding hydrogens is 236 g/mol. The summed E-state index contributed by atoms with van der Waals surface area (Å²) in [7, 11) is 1.88. The molecule has 1 fully saturated rings. The summed E-state index contributed by atoms with van der Waals surface area (Å²) in [4.78, 5) is 14.8. The van der Waals surface area contributed by atoms with Crippen LogP contribution in [0.25, 0.3) is 0 Å². The number of carboxylic acid groups (broad SMARTS) is 1. The summed E-state index contributed by atoms with van der Waals surface area (Å²) in [5.74, 6) is 0.0187. The van der Waals surface area contributed by atoms with Gasteiger partial charge >= 0.3 is 5.97 Å². The van der Waals surface area contributed by atoms with E-state index in [0.717, 1.165) is 10.4 Å². The van der Waals surface area contributed by atoms with Gasteiger partial charge in [0.25, 0.3) is 0 Å². The fourth-order valence-corrected chi connectivity index (χ4v) is 2.03. The van der Waals surface area contributed by atoms with Gasteiger partial charge in [0.15, 0.2) is 0 Å². The van der Waals surface area contributed by atoms with E-state index in [2.05, 4.69) is 20.9 Å². The monoisotopic (exact) mass is 244 g/mol. The van der Waals surface area contributed by atoms with Gasteiger partial charge in [0, 0.05) is 19.2 Å². The molecule has 5 heteroatoms. The molecule has 2 rings (SSSR count). The number of aliphatic carboxylic acids is 1. The summed E-state index contributed by atoms with van der Waals surface area (Å²) in [5, 5.41) is 8.73. The molecule has 4 nitrogen and oxygen atoms in total. The highest BCUT2D eigenvalue weighted by molar-refractivity contribution is 9.10. The van der Waals surface area contributed by atoms with Crippen molar-refractivity contribution in [2.24, 2.45) is 13.0 Å².